The zero-order valence-electron chi connectivity index (χ0n) is 31.1. The molecule has 4 aromatic rings. The average Bonchev–Trinajstić information content (AvgIpc) is 3.83. The lowest BCUT2D eigenvalue weighted by atomic mass is 9.98. The van der Waals surface area contributed by atoms with Crippen molar-refractivity contribution in [1.82, 2.24) is 25.2 Å². The van der Waals surface area contributed by atoms with Crippen molar-refractivity contribution < 1.29 is 46.3 Å². The smallest absolute Gasteiger partial charge is 0.337 e. The van der Waals surface area contributed by atoms with Crippen LogP contribution in [0, 0.1) is 11.8 Å². The second-order valence-corrected chi connectivity index (χ2v) is 15.9. The number of oxazole rings is 1. The van der Waals surface area contributed by atoms with Gasteiger partial charge in [0, 0.05) is 22.8 Å². The van der Waals surface area contributed by atoms with Crippen molar-refractivity contribution in [3.8, 4) is 0 Å². The highest BCUT2D eigenvalue weighted by molar-refractivity contribution is 7.90. The number of nitrogens with one attached hydrogen (secondary N) is 4. The van der Waals surface area contributed by atoms with Crippen LogP contribution in [-0.4, -0.2) is 85.6 Å². The maximum atomic E-state index is 13.9. The van der Waals surface area contributed by atoms with Gasteiger partial charge in [0.2, 0.25) is 17.6 Å². The number of methoxy groups -OCH3 is 1. The zero-order valence-corrected chi connectivity index (χ0v) is 32.7. The Labute approximate surface area is 327 Å². The molecule has 1 aromatic heterocycles. The topological polar surface area (TPSA) is 223 Å². The third-order valence-electron chi connectivity index (χ3n) is 9.08. The molecule has 0 unspecified atom stereocenters. The number of urea groups is 1. The number of likely N-dealkylation sites (tertiary alicyclic amines) is 1. The highest BCUT2D eigenvalue weighted by Crippen LogP contribution is 2.24. The number of ether oxygens (including phenoxy) is 1. The Hall–Kier alpha value is -5.81. The zero-order chi connectivity index (χ0) is 40.9. The number of carbonyl (C=O) groups is 6. The highest BCUT2D eigenvalue weighted by Gasteiger charge is 2.40. The van der Waals surface area contributed by atoms with Crippen LogP contribution in [0.25, 0.3) is 11.1 Å². The lowest BCUT2D eigenvalue weighted by molar-refractivity contribution is -0.140. The van der Waals surface area contributed by atoms with Gasteiger partial charge >= 0.3 is 12.0 Å². The molecular weight excluding hydrogens is 768 g/mol. The van der Waals surface area contributed by atoms with Gasteiger partial charge in [-0.2, -0.15) is 0 Å². The van der Waals surface area contributed by atoms with Gasteiger partial charge < -0.3 is 30.0 Å². The van der Waals surface area contributed by atoms with Gasteiger partial charge in [-0.1, -0.05) is 39.3 Å². The van der Waals surface area contributed by atoms with Crippen molar-refractivity contribution in [3.05, 3.63) is 88.8 Å². The SMILES string of the molecule is COC(=O)c1ccc2nc(C(=O)[C@@H](NC(=O)[C@@H]3CCCN3C(=O)[C@@H](NC(=O)c3ccc(NC(=O)NS(=O)(=O)c4ccc(Cl)cc4)cc3)C(C)C)C(C)C)oc2c1. The van der Waals surface area contributed by atoms with E-state index in [9.17, 15) is 37.2 Å². The summed E-state index contributed by atoms with van der Waals surface area (Å²) in [5, 5.41) is 8.26. The van der Waals surface area contributed by atoms with E-state index in [2.05, 4.69) is 20.9 Å². The molecule has 16 nitrogen and oxygen atoms in total. The number of ketones is 1. The van der Waals surface area contributed by atoms with Gasteiger partial charge in [-0.05, 0) is 91.4 Å². The van der Waals surface area contributed by atoms with Crippen LogP contribution in [0.4, 0.5) is 10.5 Å². The molecule has 0 radical (unpaired) electrons. The normalized spacial score (nSPS) is 15.3. The molecule has 0 saturated carbocycles. The molecule has 5 rings (SSSR count). The summed E-state index contributed by atoms with van der Waals surface area (Å²) in [5.41, 5.74) is 1.08. The first kappa shape index (κ1) is 41.4. The number of esters is 1. The fourth-order valence-corrected chi connectivity index (χ4v) is 7.10. The molecule has 296 valence electrons. The maximum Gasteiger partial charge on any atom is 0.337 e. The minimum atomic E-state index is -4.18. The molecule has 0 bridgehead atoms. The first-order valence-electron chi connectivity index (χ1n) is 17.6. The molecule has 3 aromatic carbocycles. The minimum absolute atomic E-state index is 0.151. The molecule has 56 heavy (non-hydrogen) atoms. The van der Waals surface area contributed by atoms with E-state index in [0.717, 1.165) is 0 Å². The fraction of sp³-hybridized carbons (Fsp3) is 0.342. The fourth-order valence-electron chi connectivity index (χ4n) is 6.07. The van der Waals surface area contributed by atoms with E-state index in [-0.39, 0.29) is 45.6 Å². The van der Waals surface area contributed by atoms with Gasteiger partial charge in [-0.15, -0.1) is 0 Å². The third-order valence-corrected chi connectivity index (χ3v) is 10.7. The molecule has 5 amide bonds. The molecule has 1 fully saturated rings. The van der Waals surface area contributed by atoms with E-state index in [1.54, 1.807) is 27.7 Å². The van der Waals surface area contributed by atoms with Crippen LogP contribution >= 0.6 is 11.6 Å². The van der Waals surface area contributed by atoms with Gasteiger partial charge in [0.15, 0.2) is 5.58 Å². The van der Waals surface area contributed by atoms with Crippen molar-refractivity contribution >= 4 is 73.9 Å². The number of sulfonamides is 1. The molecule has 3 atom stereocenters. The summed E-state index contributed by atoms with van der Waals surface area (Å²) < 4.78 is 37.4. The maximum absolute atomic E-state index is 13.9. The predicted molar refractivity (Wildman–Crippen MR) is 205 cm³/mol. The van der Waals surface area contributed by atoms with Crippen molar-refractivity contribution in [3.63, 3.8) is 0 Å². The number of Topliss-reactive ketones (excluding diaryl/α,β-unsaturated/α-hetero) is 1. The van der Waals surface area contributed by atoms with Gasteiger partial charge in [0.05, 0.1) is 23.6 Å². The first-order chi connectivity index (χ1) is 26.5. The molecule has 4 N–H and O–H groups in total. The van der Waals surface area contributed by atoms with Gasteiger partial charge in [0.1, 0.15) is 17.6 Å². The predicted octanol–water partition coefficient (Wildman–Crippen LogP) is 4.55. The van der Waals surface area contributed by atoms with E-state index >= 15 is 0 Å². The molecule has 18 heteroatoms. The van der Waals surface area contributed by atoms with Crippen LogP contribution in [0.1, 0.15) is 71.9 Å². The first-order valence-corrected chi connectivity index (χ1v) is 19.5. The van der Waals surface area contributed by atoms with Crippen molar-refractivity contribution in [2.75, 3.05) is 19.0 Å². The number of nitrogens with zero attached hydrogens (tertiary/aromatic N) is 2. The van der Waals surface area contributed by atoms with E-state index < -0.39 is 69.6 Å². The number of aromatic nitrogens is 1. The quantitative estimate of drug-likeness (QED) is 0.108. The summed E-state index contributed by atoms with van der Waals surface area (Å²) in [6.45, 7) is 7.24. The van der Waals surface area contributed by atoms with Gasteiger partial charge in [0.25, 0.3) is 21.8 Å². The highest BCUT2D eigenvalue weighted by atomic mass is 35.5. The monoisotopic (exact) mass is 808 g/mol. The Morgan fingerprint density at radius 3 is 2.14 bits per heavy atom. The number of hydrogen-bond acceptors (Lipinski definition) is 11. The van der Waals surface area contributed by atoms with Gasteiger partial charge in [-0.3, -0.25) is 19.2 Å². The number of amides is 5. The number of fused-ring (bicyclic) bond motifs is 1. The molecular formula is C38H41ClN6O10S. The van der Waals surface area contributed by atoms with Crippen molar-refractivity contribution in [2.24, 2.45) is 11.8 Å². The van der Waals surface area contributed by atoms with E-state index in [1.165, 1.54) is 78.7 Å². The largest absolute Gasteiger partial charge is 0.465 e. The average molecular weight is 809 g/mol. The molecule has 1 saturated heterocycles. The van der Waals surface area contributed by atoms with Crippen LogP contribution in [0.3, 0.4) is 0 Å². The van der Waals surface area contributed by atoms with Crippen molar-refractivity contribution in [1.29, 1.82) is 0 Å². The molecule has 0 spiro atoms. The third kappa shape index (κ3) is 9.52. The summed E-state index contributed by atoms with van der Waals surface area (Å²) in [4.78, 5) is 84.5. The Balaban J connectivity index is 1.22. The lowest BCUT2D eigenvalue weighted by Crippen LogP contribution is -2.57. The number of carbonyl (C=O) groups excluding carboxylic acids is 6. The van der Waals surface area contributed by atoms with Crippen LogP contribution in [0.5, 0.6) is 0 Å². The van der Waals surface area contributed by atoms with Crippen LogP contribution in [0.2, 0.25) is 5.02 Å². The minimum Gasteiger partial charge on any atom is -0.465 e. The number of anilines is 1. The molecule has 1 aliphatic rings. The summed E-state index contributed by atoms with van der Waals surface area (Å²) in [7, 11) is -2.94. The Kier molecular flexibility index (Phi) is 12.8. The second-order valence-electron chi connectivity index (χ2n) is 13.8. The summed E-state index contributed by atoms with van der Waals surface area (Å²) in [6.07, 6.45) is 0.844. The summed E-state index contributed by atoms with van der Waals surface area (Å²) in [6, 6.07) is 11.2. The standard InChI is InChI=1S/C38H41ClN6O10S/c1-20(2)30(32(46)35-41-27-17-10-23(37(50)54-5)19-29(27)55-35)42-34(48)28-7-6-18-45(28)36(49)31(21(3)4)43-33(47)22-8-13-25(14-9-22)40-38(51)44-56(52,53)26-15-11-24(39)12-16-26/h8-17,19-21,28,30-31H,6-7,18H2,1-5H3,(H,42,48)(H,43,47)(H2,40,44,51)/t28-,30-,31-/m0/s1. The number of halogens is 1. The molecule has 1 aliphatic heterocycles. The van der Waals surface area contributed by atoms with E-state index in [0.29, 0.717) is 23.4 Å². The second kappa shape index (κ2) is 17.3. The van der Waals surface area contributed by atoms with Crippen molar-refractivity contribution in [2.45, 2.75) is 63.6 Å². The van der Waals surface area contributed by atoms with Crippen LogP contribution < -0.4 is 20.7 Å². The number of hydrogen-bond donors (Lipinski definition) is 4. The van der Waals surface area contributed by atoms with Crippen LogP contribution in [0.15, 0.2) is 76.0 Å². The summed E-state index contributed by atoms with van der Waals surface area (Å²) >= 11 is 5.81. The summed E-state index contributed by atoms with van der Waals surface area (Å²) in [5.74, 6) is -3.82. The molecule has 0 aliphatic carbocycles. The number of rotatable bonds is 13. The Bertz CT molecular complexity index is 2260. The lowest BCUT2D eigenvalue weighted by Gasteiger charge is -2.31. The Morgan fingerprint density at radius 1 is 0.875 bits per heavy atom. The van der Waals surface area contributed by atoms with Crippen LogP contribution in [-0.2, 0) is 24.3 Å². The Morgan fingerprint density at radius 2 is 1.52 bits per heavy atom. The van der Waals surface area contributed by atoms with E-state index in [4.69, 9.17) is 20.8 Å². The van der Waals surface area contributed by atoms with Gasteiger partial charge in [-0.25, -0.2) is 27.7 Å². The number of benzene rings is 3. The molecule has 2 heterocycles. The van der Waals surface area contributed by atoms with E-state index in [1.807, 2.05) is 4.72 Å².